The lowest BCUT2D eigenvalue weighted by atomic mass is 9.99. The fourth-order valence-corrected chi connectivity index (χ4v) is 5.15. The van der Waals surface area contributed by atoms with Crippen molar-refractivity contribution in [1.29, 1.82) is 0 Å². The molecule has 0 unspecified atom stereocenters. The summed E-state index contributed by atoms with van der Waals surface area (Å²) in [5.41, 5.74) is 4.66. The highest BCUT2D eigenvalue weighted by molar-refractivity contribution is 7.99. The molecule has 0 atom stereocenters. The molecule has 1 amide bonds. The number of thioether (sulfide) groups is 1. The summed E-state index contributed by atoms with van der Waals surface area (Å²) in [5, 5.41) is 13.9. The Morgan fingerprint density at radius 2 is 1.50 bits per heavy atom. The Bertz CT molecular complexity index is 1500. The van der Waals surface area contributed by atoms with Crippen LogP contribution >= 0.6 is 35.0 Å². The van der Waals surface area contributed by atoms with Crippen LogP contribution in [0.3, 0.4) is 0 Å². The molecule has 1 aromatic heterocycles. The molecule has 0 aliphatic carbocycles. The minimum absolute atomic E-state index is 0.114. The third-order valence-electron chi connectivity index (χ3n) is 6.05. The van der Waals surface area contributed by atoms with E-state index in [1.807, 2.05) is 115 Å². The highest BCUT2D eigenvalue weighted by atomic mass is 35.5. The normalized spacial score (nSPS) is 11.1. The number of aromatic nitrogens is 3. The van der Waals surface area contributed by atoms with Crippen LogP contribution in [0.1, 0.15) is 22.7 Å². The van der Waals surface area contributed by atoms with Crippen LogP contribution in [0.15, 0.2) is 108 Å². The van der Waals surface area contributed by atoms with Crippen molar-refractivity contribution in [2.45, 2.75) is 18.1 Å². The van der Waals surface area contributed by atoms with Gasteiger partial charge in [0.2, 0.25) is 5.91 Å². The Morgan fingerprint density at radius 3 is 2.11 bits per heavy atom. The van der Waals surface area contributed by atoms with Crippen molar-refractivity contribution in [1.82, 2.24) is 20.1 Å². The molecule has 1 heterocycles. The second kappa shape index (κ2) is 11.9. The van der Waals surface area contributed by atoms with E-state index in [4.69, 9.17) is 23.2 Å². The van der Waals surface area contributed by atoms with E-state index >= 15 is 0 Å². The monoisotopic (exact) mass is 558 g/mol. The summed E-state index contributed by atoms with van der Waals surface area (Å²) in [5.74, 6) is 0.683. The van der Waals surface area contributed by atoms with Gasteiger partial charge in [-0.05, 0) is 60.0 Å². The predicted molar refractivity (Wildman–Crippen MR) is 155 cm³/mol. The Kier molecular flexibility index (Phi) is 8.13. The minimum atomic E-state index is -0.260. The zero-order valence-electron chi connectivity index (χ0n) is 20.5. The van der Waals surface area contributed by atoms with Crippen LogP contribution in [0.2, 0.25) is 10.0 Å². The maximum absolute atomic E-state index is 13.2. The van der Waals surface area contributed by atoms with Gasteiger partial charge in [-0.3, -0.25) is 9.36 Å². The number of nitrogens with zero attached hydrogens (tertiary/aromatic N) is 3. The number of hydrogen-bond donors (Lipinski definition) is 1. The number of carbonyl (C=O) groups excluding carboxylic acids is 1. The molecule has 0 aliphatic rings. The van der Waals surface area contributed by atoms with Gasteiger partial charge in [-0.1, -0.05) is 102 Å². The molecule has 5 nitrogen and oxygen atoms in total. The molecule has 0 saturated heterocycles. The number of hydrogen-bond acceptors (Lipinski definition) is 4. The molecule has 0 aliphatic heterocycles. The number of nitrogens with one attached hydrogen (secondary N) is 1. The van der Waals surface area contributed by atoms with Gasteiger partial charge in [-0.15, -0.1) is 10.2 Å². The van der Waals surface area contributed by atoms with E-state index in [1.165, 1.54) is 11.8 Å². The first-order chi connectivity index (χ1) is 18.5. The molecule has 0 fully saturated rings. The molecule has 8 heteroatoms. The van der Waals surface area contributed by atoms with Crippen molar-refractivity contribution in [3.8, 4) is 17.1 Å². The number of carbonyl (C=O) groups is 1. The number of benzene rings is 4. The van der Waals surface area contributed by atoms with Crippen LogP contribution in [0.4, 0.5) is 0 Å². The lowest BCUT2D eigenvalue weighted by molar-refractivity contribution is -0.119. The third-order valence-corrected chi connectivity index (χ3v) is 7.64. The van der Waals surface area contributed by atoms with E-state index in [0.29, 0.717) is 21.0 Å². The number of amides is 1. The van der Waals surface area contributed by atoms with Crippen LogP contribution in [-0.4, -0.2) is 26.4 Å². The largest absolute Gasteiger partial charge is 0.344 e. The first-order valence-corrected chi connectivity index (χ1v) is 13.7. The Balaban J connectivity index is 1.42. The lowest BCUT2D eigenvalue weighted by Crippen LogP contribution is -2.30. The highest BCUT2D eigenvalue weighted by Crippen LogP contribution is 2.31. The van der Waals surface area contributed by atoms with E-state index < -0.39 is 0 Å². The SMILES string of the molecule is Cc1ccc(-n2c(SCC(=O)NC(c3ccccc3)c3ccccc3)nnc2-c2ccc(Cl)cc2)cc1Cl. The maximum Gasteiger partial charge on any atom is 0.231 e. The lowest BCUT2D eigenvalue weighted by Gasteiger charge is -2.20. The smallest absolute Gasteiger partial charge is 0.231 e. The molecule has 1 N–H and O–H groups in total. The van der Waals surface area contributed by atoms with Crippen molar-refractivity contribution in [2.24, 2.45) is 0 Å². The molecule has 0 saturated carbocycles. The summed E-state index contributed by atoms with van der Waals surface area (Å²) in [4.78, 5) is 13.2. The Labute approximate surface area is 235 Å². The number of halogens is 2. The number of aryl methyl sites for hydroxylation is 1. The maximum atomic E-state index is 13.2. The van der Waals surface area contributed by atoms with E-state index in [-0.39, 0.29) is 17.7 Å². The van der Waals surface area contributed by atoms with Crippen molar-refractivity contribution >= 4 is 40.9 Å². The van der Waals surface area contributed by atoms with Gasteiger partial charge < -0.3 is 5.32 Å². The molecule has 5 rings (SSSR count). The van der Waals surface area contributed by atoms with E-state index in [0.717, 1.165) is 27.9 Å². The number of rotatable bonds is 8. The topological polar surface area (TPSA) is 59.8 Å². The molecule has 5 aromatic rings. The molecular formula is C30H24Cl2N4OS. The fourth-order valence-electron chi connectivity index (χ4n) is 4.09. The predicted octanol–water partition coefficient (Wildman–Crippen LogP) is 7.55. The minimum Gasteiger partial charge on any atom is -0.344 e. The van der Waals surface area contributed by atoms with Crippen molar-refractivity contribution < 1.29 is 4.79 Å². The quantitative estimate of drug-likeness (QED) is 0.200. The van der Waals surface area contributed by atoms with Crippen LogP contribution in [-0.2, 0) is 4.79 Å². The van der Waals surface area contributed by atoms with E-state index in [9.17, 15) is 4.79 Å². The second-order valence-corrected chi connectivity index (χ2v) is 10.5. The van der Waals surface area contributed by atoms with E-state index in [2.05, 4.69) is 15.5 Å². The summed E-state index contributed by atoms with van der Waals surface area (Å²) >= 11 is 13.9. The Morgan fingerprint density at radius 1 is 0.868 bits per heavy atom. The van der Waals surface area contributed by atoms with Gasteiger partial charge in [0, 0.05) is 15.6 Å². The highest BCUT2D eigenvalue weighted by Gasteiger charge is 2.20. The van der Waals surface area contributed by atoms with Crippen LogP contribution in [0.25, 0.3) is 17.1 Å². The molecule has 190 valence electrons. The molecule has 0 radical (unpaired) electrons. The van der Waals surface area contributed by atoms with Gasteiger partial charge in [-0.2, -0.15) is 0 Å². The summed E-state index contributed by atoms with van der Waals surface area (Å²) in [6, 6.07) is 32.8. The fraction of sp³-hybridized carbons (Fsp3) is 0.100. The van der Waals surface area contributed by atoms with Gasteiger partial charge in [-0.25, -0.2) is 0 Å². The van der Waals surface area contributed by atoms with Crippen LogP contribution in [0, 0.1) is 6.92 Å². The molecular weight excluding hydrogens is 535 g/mol. The van der Waals surface area contributed by atoms with Gasteiger partial charge in [0.05, 0.1) is 17.5 Å². The van der Waals surface area contributed by atoms with Crippen molar-refractivity contribution in [3.05, 3.63) is 130 Å². The summed E-state index contributed by atoms with van der Waals surface area (Å²) < 4.78 is 1.92. The zero-order valence-corrected chi connectivity index (χ0v) is 22.8. The van der Waals surface area contributed by atoms with Crippen LogP contribution in [0.5, 0.6) is 0 Å². The van der Waals surface area contributed by atoms with Gasteiger partial charge >= 0.3 is 0 Å². The standard InChI is InChI=1S/C30H24Cl2N4OS/c1-20-12-17-25(18-26(20)32)36-29(23-13-15-24(31)16-14-23)34-35-30(36)38-19-27(37)33-28(21-8-4-2-5-9-21)22-10-6-3-7-11-22/h2-18,28H,19H2,1H3,(H,33,37). The molecule has 0 spiro atoms. The van der Waals surface area contributed by atoms with E-state index in [1.54, 1.807) is 0 Å². The summed E-state index contributed by atoms with van der Waals surface area (Å²) in [6.45, 7) is 1.95. The molecule has 0 bridgehead atoms. The first kappa shape index (κ1) is 26.0. The average Bonchev–Trinajstić information content (AvgIpc) is 3.37. The summed E-state index contributed by atoms with van der Waals surface area (Å²) in [7, 11) is 0. The molecule has 4 aromatic carbocycles. The first-order valence-electron chi connectivity index (χ1n) is 12.0. The van der Waals surface area contributed by atoms with Gasteiger partial charge in [0.15, 0.2) is 11.0 Å². The third kappa shape index (κ3) is 5.94. The van der Waals surface area contributed by atoms with Gasteiger partial charge in [0.1, 0.15) is 0 Å². The second-order valence-electron chi connectivity index (χ2n) is 8.69. The van der Waals surface area contributed by atoms with Crippen molar-refractivity contribution in [3.63, 3.8) is 0 Å². The summed E-state index contributed by atoms with van der Waals surface area (Å²) in [6.07, 6.45) is 0. The zero-order chi connectivity index (χ0) is 26.5. The van der Waals surface area contributed by atoms with Crippen molar-refractivity contribution in [2.75, 3.05) is 5.75 Å². The van der Waals surface area contributed by atoms with Crippen LogP contribution < -0.4 is 5.32 Å². The van der Waals surface area contributed by atoms with Gasteiger partial charge in [0.25, 0.3) is 0 Å². The molecule has 38 heavy (non-hydrogen) atoms. The Hall–Kier alpha value is -3.58. The average molecular weight is 560 g/mol.